The van der Waals surface area contributed by atoms with Gasteiger partial charge >= 0.3 is 6.09 Å². The van der Waals surface area contributed by atoms with Gasteiger partial charge in [0, 0.05) is 39.8 Å². The van der Waals surface area contributed by atoms with Gasteiger partial charge in [-0.15, -0.1) is 24.0 Å². The number of aliphatic imine (C=N–C) groups is 1. The van der Waals surface area contributed by atoms with Crippen molar-refractivity contribution >= 4 is 36.0 Å². The van der Waals surface area contributed by atoms with Gasteiger partial charge in [0.15, 0.2) is 5.96 Å². The van der Waals surface area contributed by atoms with Crippen LogP contribution in [0.4, 0.5) is 9.18 Å². The molecule has 1 aromatic rings. The van der Waals surface area contributed by atoms with Crippen LogP contribution in [0.15, 0.2) is 29.3 Å². The quantitative estimate of drug-likeness (QED) is 0.326. The normalized spacial score (nSPS) is 18.9. The Morgan fingerprint density at radius 1 is 1.25 bits per heavy atom. The van der Waals surface area contributed by atoms with Crippen LogP contribution in [0, 0.1) is 5.82 Å². The van der Waals surface area contributed by atoms with E-state index in [9.17, 15) is 9.18 Å². The number of guanidine groups is 1. The molecule has 2 aliphatic heterocycles. The van der Waals surface area contributed by atoms with Gasteiger partial charge in [0.2, 0.25) is 0 Å². The van der Waals surface area contributed by atoms with Crippen molar-refractivity contribution in [3.63, 3.8) is 0 Å². The summed E-state index contributed by atoms with van der Waals surface area (Å²) in [6.45, 7) is 10.4. The number of likely N-dealkylation sites (tertiary alicyclic amines) is 1. The fourth-order valence-corrected chi connectivity index (χ4v) is 3.66. The molecule has 0 aliphatic carbocycles. The van der Waals surface area contributed by atoms with E-state index in [0.717, 1.165) is 18.7 Å². The number of hydrogen-bond donors (Lipinski definition) is 2. The van der Waals surface area contributed by atoms with Crippen LogP contribution in [0.2, 0.25) is 0 Å². The van der Waals surface area contributed by atoms with E-state index in [0.29, 0.717) is 38.8 Å². The number of nitrogens with one attached hydrogen (secondary N) is 2. The van der Waals surface area contributed by atoms with Crippen LogP contribution in [-0.4, -0.2) is 86.5 Å². The Balaban J connectivity index is 0.00000363. The fourth-order valence-electron chi connectivity index (χ4n) is 3.66. The van der Waals surface area contributed by atoms with E-state index in [1.54, 1.807) is 11.9 Å². The summed E-state index contributed by atoms with van der Waals surface area (Å²) in [6.07, 6.45) is -0.294. The second-order valence-electron chi connectivity index (χ2n) is 8.90. The molecule has 32 heavy (non-hydrogen) atoms. The summed E-state index contributed by atoms with van der Waals surface area (Å²) >= 11 is 0. The molecule has 0 radical (unpaired) electrons. The van der Waals surface area contributed by atoms with Crippen molar-refractivity contribution in [2.45, 2.75) is 38.5 Å². The molecule has 0 saturated carbocycles. The summed E-state index contributed by atoms with van der Waals surface area (Å²) in [7, 11) is 1.72. The predicted octanol–water partition coefficient (Wildman–Crippen LogP) is 2.60. The second-order valence-corrected chi connectivity index (χ2v) is 8.90. The number of carbonyl (C=O) groups is 1. The standard InChI is InChI=1S/C22H34FN5O3.HI/c1-22(2,3)31-21(29)28-14-18(15-28)26-20(24-4)25-13-19(27-9-11-30-12-10-27)16-5-7-17(23)8-6-16;/h5-8,18-19H,9-15H2,1-4H3,(H2,24,25,26);1H. The minimum atomic E-state index is -0.498. The number of carbonyl (C=O) groups excluding carboxylic acids is 1. The molecule has 2 fully saturated rings. The van der Waals surface area contributed by atoms with Gasteiger partial charge in [-0.2, -0.15) is 0 Å². The Bertz CT molecular complexity index is 760. The lowest BCUT2D eigenvalue weighted by molar-refractivity contribution is 0.00687. The summed E-state index contributed by atoms with van der Waals surface area (Å²) in [5, 5.41) is 6.75. The van der Waals surface area contributed by atoms with Crippen molar-refractivity contribution in [2.75, 3.05) is 53.0 Å². The zero-order valence-electron chi connectivity index (χ0n) is 19.3. The van der Waals surface area contributed by atoms with Crippen LogP contribution in [0.5, 0.6) is 0 Å². The molecule has 1 unspecified atom stereocenters. The molecular formula is C22H35FIN5O3. The highest BCUT2D eigenvalue weighted by Crippen LogP contribution is 2.22. The Hall–Kier alpha value is -1.66. The maximum absolute atomic E-state index is 13.4. The molecule has 1 amide bonds. The van der Waals surface area contributed by atoms with Gasteiger partial charge in [-0.1, -0.05) is 12.1 Å². The highest BCUT2D eigenvalue weighted by molar-refractivity contribution is 14.0. The molecule has 1 atom stereocenters. The zero-order valence-corrected chi connectivity index (χ0v) is 21.6. The summed E-state index contributed by atoms with van der Waals surface area (Å²) < 4.78 is 24.3. The number of morpholine rings is 1. The lowest BCUT2D eigenvalue weighted by Crippen LogP contribution is -2.63. The first-order valence-corrected chi connectivity index (χ1v) is 10.8. The average molecular weight is 563 g/mol. The van der Waals surface area contributed by atoms with Crippen LogP contribution in [0.1, 0.15) is 32.4 Å². The highest BCUT2D eigenvalue weighted by Gasteiger charge is 2.34. The molecular weight excluding hydrogens is 528 g/mol. The van der Waals surface area contributed by atoms with Gasteiger partial charge in [-0.05, 0) is 38.5 Å². The van der Waals surface area contributed by atoms with Gasteiger partial charge in [-0.3, -0.25) is 9.89 Å². The molecule has 2 N–H and O–H groups in total. The second kappa shape index (κ2) is 12.0. The van der Waals surface area contributed by atoms with Crippen LogP contribution in [0.3, 0.4) is 0 Å². The summed E-state index contributed by atoms with van der Waals surface area (Å²) in [4.78, 5) is 20.4. The largest absolute Gasteiger partial charge is 0.444 e. The Labute approximate surface area is 206 Å². The molecule has 8 nitrogen and oxygen atoms in total. The molecule has 0 spiro atoms. The summed E-state index contributed by atoms with van der Waals surface area (Å²) in [5.74, 6) is 0.434. The third kappa shape index (κ3) is 7.73. The van der Waals surface area contributed by atoms with Gasteiger partial charge in [0.25, 0.3) is 0 Å². The molecule has 2 saturated heterocycles. The first kappa shape index (κ1) is 26.6. The van der Waals surface area contributed by atoms with E-state index in [-0.39, 0.29) is 48.0 Å². The lowest BCUT2D eigenvalue weighted by Gasteiger charge is -2.41. The van der Waals surface area contributed by atoms with E-state index in [4.69, 9.17) is 9.47 Å². The molecule has 1 aromatic carbocycles. The lowest BCUT2D eigenvalue weighted by atomic mass is 10.0. The van der Waals surface area contributed by atoms with Crippen LogP contribution in [-0.2, 0) is 9.47 Å². The molecule has 2 aliphatic rings. The number of benzene rings is 1. The first-order chi connectivity index (χ1) is 14.7. The smallest absolute Gasteiger partial charge is 0.410 e. The van der Waals surface area contributed by atoms with Gasteiger partial charge in [-0.25, -0.2) is 9.18 Å². The Kier molecular flexibility index (Phi) is 9.96. The van der Waals surface area contributed by atoms with Crippen LogP contribution >= 0.6 is 24.0 Å². The van der Waals surface area contributed by atoms with E-state index in [2.05, 4.69) is 20.5 Å². The fraction of sp³-hybridized carbons (Fsp3) is 0.636. The average Bonchev–Trinajstić information content (AvgIpc) is 2.69. The van der Waals surface area contributed by atoms with Crippen LogP contribution in [0.25, 0.3) is 0 Å². The summed E-state index contributed by atoms with van der Waals surface area (Å²) in [5.41, 5.74) is 0.549. The minimum Gasteiger partial charge on any atom is -0.444 e. The molecule has 10 heteroatoms. The maximum atomic E-state index is 13.4. The number of nitrogens with zero attached hydrogens (tertiary/aromatic N) is 3. The minimum absolute atomic E-state index is 0. The monoisotopic (exact) mass is 563 g/mol. The third-order valence-corrected chi connectivity index (χ3v) is 5.30. The van der Waals surface area contributed by atoms with E-state index in [1.165, 1.54) is 12.1 Å². The van der Waals surface area contributed by atoms with Crippen molar-refractivity contribution in [2.24, 2.45) is 4.99 Å². The highest BCUT2D eigenvalue weighted by atomic mass is 127. The number of rotatable bonds is 5. The first-order valence-electron chi connectivity index (χ1n) is 10.8. The Morgan fingerprint density at radius 3 is 2.44 bits per heavy atom. The molecule has 180 valence electrons. The number of halogens is 2. The third-order valence-electron chi connectivity index (χ3n) is 5.30. The SMILES string of the molecule is CN=C(NCC(c1ccc(F)cc1)N1CCOCC1)NC1CN(C(=O)OC(C)(C)C)C1.I. The summed E-state index contributed by atoms with van der Waals surface area (Å²) in [6, 6.07) is 6.84. The predicted molar refractivity (Wildman–Crippen MR) is 133 cm³/mol. The topological polar surface area (TPSA) is 78.4 Å². The van der Waals surface area contributed by atoms with Crippen molar-refractivity contribution in [1.29, 1.82) is 0 Å². The Morgan fingerprint density at radius 2 is 1.88 bits per heavy atom. The van der Waals surface area contributed by atoms with E-state index < -0.39 is 5.60 Å². The van der Waals surface area contributed by atoms with Crippen molar-refractivity contribution in [3.8, 4) is 0 Å². The van der Waals surface area contributed by atoms with Crippen molar-refractivity contribution in [3.05, 3.63) is 35.6 Å². The molecule has 0 bridgehead atoms. The number of amides is 1. The number of ether oxygens (including phenoxy) is 2. The maximum Gasteiger partial charge on any atom is 0.410 e. The van der Waals surface area contributed by atoms with Gasteiger partial charge in [0.1, 0.15) is 11.4 Å². The molecule has 2 heterocycles. The van der Waals surface area contributed by atoms with E-state index >= 15 is 0 Å². The van der Waals surface area contributed by atoms with Crippen molar-refractivity contribution in [1.82, 2.24) is 20.4 Å². The van der Waals surface area contributed by atoms with E-state index in [1.807, 2.05) is 32.9 Å². The molecule has 3 rings (SSSR count). The number of hydrogen-bond acceptors (Lipinski definition) is 5. The van der Waals surface area contributed by atoms with Gasteiger partial charge in [0.05, 0.1) is 25.3 Å². The zero-order chi connectivity index (χ0) is 22.4. The van der Waals surface area contributed by atoms with Crippen LogP contribution < -0.4 is 10.6 Å². The molecule has 0 aromatic heterocycles. The van der Waals surface area contributed by atoms with Gasteiger partial charge < -0.3 is 25.0 Å². The van der Waals surface area contributed by atoms with Crippen molar-refractivity contribution < 1.29 is 18.7 Å².